The summed E-state index contributed by atoms with van der Waals surface area (Å²) in [6, 6.07) is 10.1. The summed E-state index contributed by atoms with van der Waals surface area (Å²) in [6.45, 7) is 3.45. The number of anilines is 1. The van der Waals surface area contributed by atoms with Gasteiger partial charge in [0.05, 0.1) is 11.5 Å². The highest BCUT2D eigenvalue weighted by Gasteiger charge is 2.24. The number of piperazine rings is 1. The molecule has 0 spiro atoms. The van der Waals surface area contributed by atoms with Crippen molar-refractivity contribution >= 4 is 23.2 Å². The Morgan fingerprint density at radius 2 is 1.81 bits per heavy atom. The van der Waals surface area contributed by atoms with Crippen LogP contribution in [0.4, 0.5) is 15.8 Å². The number of rotatable bonds is 7. The number of amides is 2. The van der Waals surface area contributed by atoms with Gasteiger partial charge < -0.3 is 15.0 Å². The number of halogens is 1. The molecular formula is C21H23FN4O5. The molecule has 0 aromatic heterocycles. The lowest BCUT2D eigenvalue weighted by atomic mass is 10.2. The van der Waals surface area contributed by atoms with Gasteiger partial charge in [-0.15, -0.1) is 0 Å². The fourth-order valence-electron chi connectivity index (χ4n) is 3.22. The van der Waals surface area contributed by atoms with Crippen molar-refractivity contribution < 1.29 is 23.6 Å². The zero-order valence-electron chi connectivity index (χ0n) is 17.0. The molecule has 0 unspecified atom stereocenters. The van der Waals surface area contributed by atoms with Crippen molar-refractivity contribution in [2.45, 2.75) is 6.92 Å². The number of hydrogen-bond donors (Lipinski definition) is 1. The van der Waals surface area contributed by atoms with Crippen LogP contribution in [0.3, 0.4) is 0 Å². The summed E-state index contributed by atoms with van der Waals surface area (Å²) in [7, 11) is 0. The third kappa shape index (κ3) is 6.22. The average Bonchev–Trinajstić information content (AvgIpc) is 2.74. The van der Waals surface area contributed by atoms with E-state index in [4.69, 9.17) is 4.74 Å². The van der Waals surface area contributed by atoms with Crippen LogP contribution in [0.1, 0.15) is 5.56 Å². The molecule has 1 fully saturated rings. The molecular weight excluding hydrogens is 407 g/mol. The Hall–Kier alpha value is -3.53. The van der Waals surface area contributed by atoms with Gasteiger partial charge in [0.15, 0.2) is 12.4 Å². The number of hydrogen-bond acceptors (Lipinski definition) is 6. The highest BCUT2D eigenvalue weighted by atomic mass is 19.1. The Morgan fingerprint density at radius 1 is 1.13 bits per heavy atom. The molecule has 1 N–H and O–H groups in total. The molecule has 2 aromatic carbocycles. The maximum Gasteiger partial charge on any atom is 0.311 e. The molecule has 1 aliphatic rings. The van der Waals surface area contributed by atoms with Crippen LogP contribution >= 0.6 is 0 Å². The third-order valence-corrected chi connectivity index (χ3v) is 4.88. The van der Waals surface area contributed by atoms with Crippen molar-refractivity contribution in [3.05, 3.63) is 64.0 Å². The molecule has 0 bridgehead atoms. The van der Waals surface area contributed by atoms with E-state index in [1.807, 2.05) is 4.90 Å². The highest BCUT2D eigenvalue weighted by molar-refractivity contribution is 5.92. The van der Waals surface area contributed by atoms with Crippen LogP contribution in [0.2, 0.25) is 0 Å². The fourth-order valence-corrected chi connectivity index (χ4v) is 3.22. The normalized spacial score (nSPS) is 14.2. The molecule has 1 saturated heterocycles. The van der Waals surface area contributed by atoms with E-state index in [0.717, 1.165) is 5.56 Å². The van der Waals surface area contributed by atoms with Gasteiger partial charge in [-0.2, -0.15) is 0 Å². The number of aryl methyl sites for hydroxylation is 1. The summed E-state index contributed by atoms with van der Waals surface area (Å²) in [4.78, 5) is 38.7. The Balaban J connectivity index is 1.44. The zero-order valence-corrected chi connectivity index (χ0v) is 17.0. The first-order valence-corrected chi connectivity index (χ1v) is 9.75. The maximum absolute atomic E-state index is 12.9. The number of nitro groups is 1. The van der Waals surface area contributed by atoms with Crippen molar-refractivity contribution in [2.75, 3.05) is 44.6 Å². The van der Waals surface area contributed by atoms with E-state index in [0.29, 0.717) is 31.9 Å². The van der Waals surface area contributed by atoms with Gasteiger partial charge >= 0.3 is 5.69 Å². The monoisotopic (exact) mass is 430 g/mol. The topological polar surface area (TPSA) is 105 Å². The van der Waals surface area contributed by atoms with E-state index < -0.39 is 4.92 Å². The quantitative estimate of drug-likeness (QED) is 0.533. The molecule has 0 saturated carbocycles. The lowest BCUT2D eigenvalue weighted by Crippen LogP contribution is -2.51. The first kappa shape index (κ1) is 22.2. The molecule has 9 nitrogen and oxygen atoms in total. The second-order valence-electron chi connectivity index (χ2n) is 7.23. The van der Waals surface area contributed by atoms with E-state index in [1.165, 1.54) is 36.4 Å². The fraction of sp³-hybridized carbons (Fsp3) is 0.333. The molecule has 164 valence electrons. The number of nitrogens with zero attached hydrogens (tertiary/aromatic N) is 3. The molecule has 3 rings (SSSR count). The summed E-state index contributed by atoms with van der Waals surface area (Å²) >= 11 is 0. The first-order chi connectivity index (χ1) is 14.8. The Bertz CT molecular complexity index is 959. The summed E-state index contributed by atoms with van der Waals surface area (Å²) in [6.07, 6.45) is 0. The second kappa shape index (κ2) is 9.98. The van der Waals surface area contributed by atoms with Gasteiger partial charge in [0.2, 0.25) is 5.91 Å². The predicted molar refractivity (Wildman–Crippen MR) is 111 cm³/mol. The Morgan fingerprint density at radius 3 is 2.45 bits per heavy atom. The number of nitrogens with one attached hydrogen (secondary N) is 1. The molecule has 0 aliphatic carbocycles. The van der Waals surface area contributed by atoms with Crippen molar-refractivity contribution in [3.63, 3.8) is 0 Å². The summed E-state index contributed by atoms with van der Waals surface area (Å²) in [5.74, 6) is -0.813. The Labute approximate surface area is 178 Å². The number of nitro benzene ring substituents is 1. The van der Waals surface area contributed by atoms with Crippen molar-refractivity contribution in [1.82, 2.24) is 9.80 Å². The average molecular weight is 430 g/mol. The molecule has 31 heavy (non-hydrogen) atoms. The van der Waals surface area contributed by atoms with Crippen LogP contribution in [0.25, 0.3) is 0 Å². The maximum atomic E-state index is 12.9. The first-order valence-electron chi connectivity index (χ1n) is 9.75. The predicted octanol–water partition coefficient (Wildman–Crippen LogP) is 2.20. The Kier molecular flexibility index (Phi) is 7.14. The van der Waals surface area contributed by atoms with E-state index in [9.17, 15) is 24.1 Å². The van der Waals surface area contributed by atoms with Gasteiger partial charge in [0.1, 0.15) is 5.82 Å². The van der Waals surface area contributed by atoms with E-state index in [1.54, 1.807) is 17.9 Å². The standard InChI is InChI=1S/C21H23FN4O5/c1-15-2-7-19(18(12-15)26(29)30)31-14-21(28)25-10-8-24(9-11-25)13-20(27)23-17-5-3-16(22)4-6-17/h2-7,12H,8-11,13-14H2,1H3,(H,23,27). The van der Waals surface area contributed by atoms with Crippen LogP contribution in [0.15, 0.2) is 42.5 Å². The lowest BCUT2D eigenvalue weighted by Gasteiger charge is -2.34. The molecule has 1 aliphatic heterocycles. The summed E-state index contributed by atoms with van der Waals surface area (Å²) in [5, 5.41) is 13.9. The largest absolute Gasteiger partial charge is 0.477 e. The van der Waals surface area contributed by atoms with Crippen LogP contribution in [-0.2, 0) is 9.59 Å². The number of carbonyl (C=O) groups is 2. The van der Waals surface area contributed by atoms with Crippen LogP contribution in [-0.4, -0.2) is 65.9 Å². The van der Waals surface area contributed by atoms with Gasteiger partial charge in [0, 0.05) is 37.9 Å². The molecule has 0 radical (unpaired) electrons. The number of ether oxygens (including phenoxy) is 1. The van der Waals surface area contributed by atoms with Crippen LogP contribution < -0.4 is 10.1 Å². The van der Waals surface area contributed by atoms with Gasteiger partial charge in [-0.3, -0.25) is 24.6 Å². The van der Waals surface area contributed by atoms with Crippen LogP contribution in [0.5, 0.6) is 5.75 Å². The van der Waals surface area contributed by atoms with Gasteiger partial charge in [-0.05, 0) is 42.8 Å². The minimum Gasteiger partial charge on any atom is -0.477 e. The molecule has 2 amide bonds. The van der Waals surface area contributed by atoms with Gasteiger partial charge in [-0.25, -0.2) is 4.39 Å². The minimum absolute atomic E-state index is 0.0556. The molecule has 0 atom stereocenters. The number of carbonyl (C=O) groups excluding carboxylic acids is 2. The molecule has 2 aromatic rings. The smallest absolute Gasteiger partial charge is 0.311 e. The van der Waals surface area contributed by atoms with Gasteiger partial charge in [0.25, 0.3) is 5.91 Å². The summed E-state index contributed by atoms with van der Waals surface area (Å²) in [5.41, 5.74) is 1.07. The SMILES string of the molecule is Cc1ccc(OCC(=O)N2CCN(CC(=O)Nc3ccc(F)cc3)CC2)c([N+](=O)[O-])c1. The molecule has 10 heteroatoms. The van der Waals surface area contributed by atoms with Gasteiger partial charge in [-0.1, -0.05) is 6.07 Å². The van der Waals surface area contributed by atoms with E-state index in [-0.39, 0.29) is 42.2 Å². The lowest BCUT2D eigenvalue weighted by molar-refractivity contribution is -0.385. The van der Waals surface area contributed by atoms with Crippen molar-refractivity contribution in [3.8, 4) is 5.75 Å². The van der Waals surface area contributed by atoms with E-state index in [2.05, 4.69) is 5.32 Å². The van der Waals surface area contributed by atoms with E-state index >= 15 is 0 Å². The summed E-state index contributed by atoms with van der Waals surface area (Å²) < 4.78 is 18.3. The zero-order chi connectivity index (χ0) is 22.4. The molecule has 1 heterocycles. The highest BCUT2D eigenvalue weighted by Crippen LogP contribution is 2.27. The van der Waals surface area contributed by atoms with Crippen molar-refractivity contribution in [1.29, 1.82) is 0 Å². The minimum atomic E-state index is -0.539. The third-order valence-electron chi connectivity index (χ3n) is 4.88. The van der Waals surface area contributed by atoms with Crippen LogP contribution in [0, 0.1) is 22.9 Å². The second-order valence-corrected chi connectivity index (χ2v) is 7.23. The number of benzene rings is 2. The van der Waals surface area contributed by atoms with Crippen molar-refractivity contribution in [2.24, 2.45) is 0 Å².